The van der Waals surface area contributed by atoms with Gasteiger partial charge in [0, 0.05) is 24.2 Å². The number of aromatic nitrogens is 1. The maximum Gasteiger partial charge on any atom is 0.223 e. The molecule has 0 spiro atoms. The molecular weight excluding hydrogens is 240 g/mol. The van der Waals surface area contributed by atoms with E-state index < -0.39 is 0 Å². The predicted molar refractivity (Wildman–Crippen MR) is 71.5 cm³/mol. The van der Waals surface area contributed by atoms with Crippen LogP contribution in [0.2, 0.25) is 0 Å². The van der Waals surface area contributed by atoms with Crippen molar-refractivity contribution in [3.8, 4) is 0 Å². The van der Waals surface area contributed by atoms with E-state index in [9.17, 15) is 4.79 Å². The summed E-state index contributed by atoms with van der Waals surface area (Å²) in [4.78, 5) is 16.0. The van der Waals surface area contributed by atoms with Gasteiger partial charge in [0.1, 0.15) is 0 Å². The highest BCUT2D eigenvalue weighted by Crippen LogP contribution is 2.27. The third kappa shape index (κ3) is 2.95. The van der Waals surface area contributed by atoms with Crippen molar-refractivity contribution in [3.63, 3.8) is 0 Å². The van der Waals surface area contributed by atoms with Crippen LogP contribution in [0.25, 0.3) is 0 Å². The van der Waals surface area contributed by atoms with Crippen LogP contribution in [0.5, 0.6) is 0 Å². The van der Waals surface area contributed by atoms with Crippen LogP contribution < -0.4 is 5.32 Å². The molecule has 1 aromatic rings. The summed E-state index contributed by atoms with van der Waals surface area (Å²) < 4.78 is 5.54. The molecule has 1 N–H and O–H groups in total. The molecule has 1 saturated carbocycles. The van der Waals surface area contributed by atoms with Gasteiger partial charge in [0.15, 0.2) is 0 Å². The lowest BCUT2D eigenvalue weighted by atomic mass is 9.84. The molecule has 1 amide bonds. The molecule has 2 fully saturated rings. The van der Waals surface area contributed by atoms with Gasteiger partial charge in [0.05, 0.1) is 19.3 Å². The number of nitrogens with one attached hydrogen (secondary N) is 1. The van der Waals surface area contributed by atoms with Crippen LogP contribution in [0.3, 0.4) is 0 Å². The van der Waals surface area contributed by atoms with E-state index >= 15 is 0 Å². The van der Waals surface area contributed by atoms with E-state index in [1.54, 1.807) is 0 Å². The topological polar surface area (TPSA) is 51.2 Å². The van der Waals surface area contributed by atoms with Crippen molar-refractivity contribution in [2.75, 3.05) is 13.2 Å². The van der Waals surface area contributed by atoms with Gasteiger partial charge in [-0.05, 0) is 37.0 Å². The van der Waals surface area contributed by atoms with Crippen molar-refractivity contribution in [2.24, 2.45) is 11.8 Å². The first-order valence-corrected chi connectivity index (χ1v) is 7.10. The monoisotopic (exact) mass is 260 g/mol. The normalized spacial score (nSPS) is 26.9. The van der Waals surface area contributed by atoms with Gasteiger partial charge < -0.3 is 10.1 Å². The zero-order valence-corrected chi connectivity index (χ0v) is 11.0. The Hall–Kier alpha value is -1.42. The fourth-order valence-corrected chi connectivity index (χ4v) is 2.75. The highest BCUT2D eigenvalue weighted by Gasteiger charge is 2.33. The number of rotatable bonds is 4. The Morgan fingerprint density at radius 3 is 2.79 bits per heavy atom. The summed E-state index contributed by atoms with van der Waals surface area (Å²) in [6.45, 7) is 1.38. The van der Waals surface area contributed by atoms with Crippen LogP contribution in [-0.4, -0.2) is 30.1 Å². The second kappa shape index (κ2) is 5.70. The first kappa shape index (κ1) is 12.6. The third-order valence-corrected chi connectivity index (χ3v) is 4.25. The zero-order chi connectivity index (χ0) is 13.1. The van der Waals surface area contributed by atoms with Crippen molar-refractivity contribution < 1.29 is 9.53 Å². The lowest BCUT2D eigenvalue weighted by molar-refractivity contribution is -0.128. The first-order chi connectivity index (χ1) is 9.33. The van der Waals surface area contributed by atoms with E-state index in [0.29, 0.717) is 12.5 Å². The molecule has 0 radical (unpaired) electrons. The van der Waals surface area contributed by atoms with Gasteiger partial charge in [-0.2, -0.15) is 0 Å². The summed E-state index contributed by atoms with van der Waals surface area (Å²) in [5, 5.41) is 3.17. The molecule has 2 aliphatic rings. The number of amides is 1. The molecule has 1 aliphatic heterocycles. The average molecular weight is 260 g/mol. The Balaban J connectivity index is 1.56. The minimum atomic E-state index is 0.168. The molecule has 102 valence electrons. The molecule has 2 atom stereocenters. The Kier molecular flexibility index (Phi) is 3.78. The molecule has 0 unspecified atom stereocenters. The Labute approximate surface area is 113 Å². The Morgan fingerprint density at radius 1 is 1.32 bits per heavy atom. The van der Waals surface area contributed by atoms with E-state index in [2.05, 4.69) is 10.3 Å². The number of carbonyl (C=O) groups excluding carboxylic acids is 1. The Bertz CT molecular complexity index is 431. The maximum atomic E-state index is 12.0. The summed E-state index contributed by atoms with van der Waals surface area (Å²) in [5.74, 6) is 0.857. The molecule has 1 saturated heterocycles. The average Bonchev–Trinajstić information content (AvgIpc) is 2.75. The fraction of sp³-hybridized carbons (Fsp3) is 0.600. The molecular formula is C15H20N2O2. The van der Waals surface area contributed by atoms with E-state index in [1.165, 1.54) is 12.0 Å². The van der Waals surface area contributed by atoms with E-state index in [0.717, 1.165) is 25.9 Å². The molecule has 4 nitrogen and oxygen atoms in total. The molecule has 0 bridgehead atoms. The van der Waals surface area contributed by atoms with Crippen molar-refractivity contribution in [2.45, 2.75) is 31.7 Å². The maximum absolute atomic E-state index is 12.0. The van der Waals surface area contributed by atoms with Crippen LogP contribution in [-0.2, 0) is 16.0 Å². The second-order valence-corrected chi connectivity index (χ2v) is 5.60. The van der Waals surface area contributed by atoms with Crippen LogP contribution in [0.1, 0.15) is 24.8 Å². The number of carbonyl (C=O) groups is 1. The summed E-state index contributed by atoms with van der Waals surface area (Å²) in [6, 6.07) is 4.23. The van der Waals surface area contributed by atoms with E-state index in [4.69, 9.17) is 4.74 Å². The highest BCUT2D eigenvalue weighted by molar-refractivity contribution is 5.79. The predicted octanol–water partition coefficient (Wildman–Crippen LogP) is 1.56. The molecule has 19 heavy (non-hydrogen) atoms. The van der Waals surface area contributed by atoms with Gasteiger partial charge in [0.2, 0.25) is 5.91 Å². The van der Waals surface area contributed by atoms with Gasteiger partial charge in [-0.1, -0.05) is 6.42 Å². The van der Waals surface area contributed by atoms with Gasteiger partial charge >= 0.3 is 0 Å². The quantitative estimate of drug-likeness (QED) is 0.893. The lowest BCUT2D eigenvalue weighted by Gasteiger charge is -2.27. The number of ether oxygens (including phenoxy) is 1. The fourth-order valence-electron chi connectivity index (χ4n) is 2.75. The molecule has 4 heteroatoms. The van der Waals surface area contributed by atoms with Crippen LogP contribution in [0.15, 0.2) is 24.5 Å². The van der Waals surface area contributed by atoms with Gasteiger partial charge in [-0.15, -0.1) is 0 Å². The number of hydrogen-bond acceptors (Lipinski definition) is 3. The van der Waals surface area contributed by atoms with E-state index in [1.807, 2.05) is 24.5 Å². The second-order valence-electron chi connectivity index (χ2n) is 5.60. The van der Waals surface area contributed by atoms with Crippen molar-refractivity contribution in [3.05, 3.63) is 30.1 Å². The molecule has 1 aliphatic carbocycles. The number of hydrogen-bond donors (Lipinski definition) is 1. The molecule has 2 heterocycles. The number of nitrogens with zero attached hydrogens (tertiary/aromatic N) is 1. The highest BCUT2D eigenvalue weighted by atomic mass is 16.5. The first-order valence-electron chi connectivity index (χ1n) is 7.10. The zero-order valence-electron chi connectivity index (χ0n) is 11.0. The SMILES string of the molecule is O=C(N[C@H]1COC[C@H]1Cc1ccncc1)C1CCC1. The molecule has 3 rings (SSSR count). The number of pyridine rings is 1. The van der Waals surface area contributed by atoms with Gasteiger partial charge in [-0.3, -0.25) is 9.78 Å². The molecule has 1 aromatic heterocycles. The summed E-state index contributed by atoms with van der Waals surface area (Å²) in [6.07, 6.45) is 7.86. The third-order valence-electron chi connectivity index (χ3n) is 4.25. The van der Waals surface area contributed by atoms with Crippen LogP contribution in [0, 0.1) is 11.8 Å². The van der Waals surface area contributed by atoms with Crippen molar-refractivity contribution >= 4 is 5.91 Å². The van der Waals surface area contributed by atoms with Gasteiger partial charge in [0.25, 0.3) is 0 Å². The minimum absolute atomic E-state index is 0.168. The molecule has 0 aromatic carbocycles. The van der Waals surface area contributed by atoms with Crippen LogP contribution in [0.4, 0.5) is 0 Å². The summed E-state index contributed by atoms with van der Waals surface area (Å²) in [7, 11) is 0. The minimum Gasteiger partial charge on any atom is -0.379 e. The van der Waals surface area contributed by atoms with E-state index in [-0.39, 0.29) is 17.9 Å². The van der Waals surface area contributed by atoms with Gasteiger partial charge in [-0.25, -0.2) is 0 Å². The smallest absolute Gasteiger partial charge is 0.223 e. The van der Waals surface area contributed by atoms with Crippen molar-refractivity contribution in [1.82, 2.24) is 10.3 Å². The van der Waals surface area contributed by atoms with Crippen molar-refractivity contribution in [1.29, 1.82) is 0 Å². The Morgan fingerprint density at radius 2 is 2.11 bits per heavy atom. The van der Waals surface area contributed by atoms with Crippen LogP contribution >= 0.6 is 0 Å². The standard InChI is InChI=1S/C15H20N2O2/c18-15(12-2-1-3-12)17-14-10-19-9-13(14)8-11-4-6-16-7-5-11/h4-7,12-14H,1-3,8-10H2,(H,17,18)/t13-,14+/m1/s1. The lowest BCUT2D eigenvalue weighted by Crippen LogP contribution is -2.45. The summed E-state index contributed by atoms with van der Waals surface area (Å²) in [5.41, 5.74) is 1.26. The largest absolute Gasteiger partial charge is 0.379 e. The summed E-state index contributed by atoms with van der Waals surface area (Å²) >= 11 is 0.